The van der Waals surface area contributed by atoms with Crippen molar-refractivity contribution >= 4 is 55.2 Å². The molecule has 0 spiro atoms. The summed E-state index contributed by atoms with van der Waals surface area (Å²) in [5.41, 5.74) is 0. The lowest BCUT2D eigenvalue weighted by Gasteiger charge is -2.25. The van der Waals surface area contributed by atoms with Crippen molar-refractivity contribution in [1.82, 2.24) is 0 Å². The second-order valence-corrected chi connectivity index (χ2v) is 9.46. The standard InChI is InChI=1S/C9H12Br3O2P/c1-4-7(10)14-15(13,8(11)5-2)9(12)6-3/h4-9H,1-3H2. The summed E-state index contributed by atoms with van der Waals surface area (Å²) in [5, 5.41) is -0.469. The molecule has 0 aromatic carbocycles. The maximum absolute atomic E-state index is 12.5. The molecule has 0 saturated heterocycles. The average Bonchev–Trinajstić information content (AvgIpc) is 2.25. The van der Waals surface area contributed by atoms with E-state index in [1.165, 1.54) is 18.2 Å². The summed E-state index contributed by atoms with van der Waals surface area (Å²) in [6.07, 6.45) is 4.57. The van der Waals surface area contributed by atoms with E-state index in [2.05, 4.69) is 67.5 Å². The molecule has 3 unspecified atom stereocenters. The van der Waals surface area contributed by atoms with Gasteiger partial charge in [-0.15, -0.1) is 13.2 Å². The lowest BCUT2D eigenvalue weighted by Crippen LogP contribution is -2.12. The van der Waals surface area contributed by atoms with Crippen LogP contribution in [0.3, 0.4) is 0 Å². The van der Waals surface area contributed by atoms with Crippen LogP contribution in [0.2, 0.25) is 0 Å². The van der Waals surface area contributed by atoms with Crippen LogP contribution in [0.25, 0.3) is 0 Å². The Morgan fingerprint density at radius 1 is 1.00 bits per heavy atom. The molecule has 0 bridgehead atoms. The Morgan fingerprint density at radius 2 is 1.40 bits per heavy atom. The zero-order valence-corrected chi connectivity index (χ0v) is 13.6. The monoisotopic (exact) mass is 420 g/mol. The van der Waals surface area contributed by atoms with Gasteiger partial charge in [-0.25, -0.2) is 0 Å². The highest BCUT2D eigenvalue weighted by atomic mass is 79.9. The van der Waals surface area contributed by atoms with Crippen LogP contribution in [0.1, 0.15) is 0 Å². The van der Waals surface area contributed by atoms with Crippen LogP contribution in [-0.4, -0.2) is 14.1 Å². The minimum Gasteiger partial charge on any atom is -0.307 e. The van der Waals surface area contributed by atoms with Crippen molar-refractivity contribution in [2.75, 3.05) is 0 Å². The van der Waals surface area contributed by atoms with Gasteiger partial charge in [-0.2, -0.15) is 0 Å². The van der Waals surface area contributed by atoms with Crippen LogP contribution >= 0.6 is 55.2 Å². The Balaban J connectivity index is 5.01. The van der Waals surface area contributed by atoms with Gasteiger partial charge in [0.05, 0.1) is 0 Å². The first kappa shape index (κ1) is 15.9. The molecule has 0 aliphatic carbocycles. The maximum atomic E-state index is 12.5. The van der Waals surface area contributed by atoms with Crippen LogP contribution in [0.4, 0.5) is 0 Å². The van der Waals surface area contributed by atoms with Crippen molar-refractivity contribution < 1.29 is 9.09 Å². The second kappa shape index (κ2) is 7.23. The van der Waals surface area contributed by atoms with E-state index in [4.69, 9.17) is 4.52 Å². The van der Waals surface area contributed by atoms with Crippen molar-refractivity contribution in [3.05, 3.63) is 38.0 Å². The minimum atomic E-state index is -2.99. The molecule has 0 N–H and O–H groups in total. The summed E-state index contributed by atoms with van der Waals surface area (Å²) in [7, 11) is -2.99. The SMILES string of the molecule is C=CC(Br)OP(=O)(C(Br)C=C)C(Br)C=C. The highest BCUT2D eigenvalue weighted by molar-refractivity contribution is 9.12. The van der Waals surface area contributed by atoms with Crippen molar-refractivity contribution in [2.45, 2.75) is 14.1 Å². The van der Waals surface area contributed by atoms with Crippen molar-refractivity contribution in [3.8, 4) is 0 Å². The third kappa shape index (κ3) is 4.31. The molecule has 0 radical (unpaired) electrons. The van der Waals surface area contributed by atoms with E-state index in [0.717, 1.165) is 0 Å². The van der Waals surface area contributed by atoms with Crippen molar-refractivity contribution in [3.63, 3.8) is 0 Å². The van der Waals surface area contributed by atoms with Crippen LogP contribution in [0, 0.1) is 0 Å². The van der Waals surface area contributed by atoms with Crippen LogP contribution in [0.5, 0.6) is 0 Å². The second-order valence-electron chi connectivity index (χ2n) is 2.55. The normalized spacial score (nSPS) is 20.7. The molecule has 2 nitrogen and oxygen atoms in total. The molecule has 3 atom stereocenters. The summed E-state index contributed by atoms with van der Waals surface area (Å²) in [5.74, 6) is 0. The minimum absolute atomic E-state index is 0.438. The number of alkyl halides is 3. The van der Waals surface area contributed by atoms with Gasteiger partial charge < -0.3 is 4.52 Å². The van der Waals surface area contributed by atoms with Gasteiger partial charge in [-0.05, 0) is 0 Å². The molecule has 0 amide bonds. The molecule has 6 heteroatoms. The number of hydrogen-bond donors (Lipinski definition) is 0. The zero-order chi connectivity index (χ0) is 12.1. The summed E-state index contributed by atoms with van der Waals surface area (Å²) in [6, 6.07) is 0. The molecule has 0 rings (SSSR count). The van der Waals surface area contributed by atoms with Gasteiger partial charge >= 0.3 is 0 Å². The molecular weight excluding hydrogens is 411 g/mol. The van der Waals surface area contributed by atoms with E-state index in [9.17, 15) is 4.57 Å². The first-order valence-corrected chi connectivity index (χ1v) is 8.51. The molecule has 0 aliphatic heterocycles. The Labute approximate surface area is 116 Å². The fourth-order valence-corrected chi connectivity index (χ4v) is 6.08. The molecule has 0 aromatic rings. The highest BCUT2D eigenvalue weighted by Crippen LogP contribution is 2.62. The summed E-state index contributed by atoms with van der Waals surface area (Å²) < 4.78 is 17.0. The Morgan fingerprint density at radius 3 is 1.67 bits per heavy atom. The quantitative estimate of drug-likeness (QED) is 0.328. The van der Waals surface area contributed by atoms with Gasteiger partial charge in [0.15, 0.2) is 0 Å². The number of halogens is 3. The van der Waals surface area contributed by atoms with Crippen LogP contribution in [0.15, 0.2) is 38.0 Å². The smallest absolute Gasteiger partial charge is 0.238 e. The lowest BCUT2D eigenvalue weighted by molar-refractivity contribution is 0.333. The van der Waals surface area contributed by atoms with E-state index < -0.39 is 21.5 Å². The third-order valence-corrected chi connectivity index (χ3v) is 8.90. The summed E-state index contributed by atoms with van der Waals surface area (Å²) in [4.78, 5) is 0. The zero-order valence-electron chi connectivity index (χ0n) is 7.98. The molecule has 0 saturated carbocycles. The van der Waals surface area contributed by atoms with E-state index in [-0.39, 0.29) is 0 Å². The van der Waals surface area contributed by atoms with Crippen molar-refractivity contribution in [1.29, 1.82) is 0 Å². The maximum Gasteiger partial charge on any atom is 0.238 e. The summed E-state index contributed by atoms with van der Waals surface area (Å²) in [6.45, 7) is 10.7. The van der Waals surface area contributed by atoms with Gasteiger partial charge in [0.2, 0.25) is 7.37 Å². The van der Waals surface area contributed by atoms with E-state index in [1.54, 1.807) is 0 Å². The van der Waals surface area contributed by atoms with Gasteiger partial charge in [0.1, 0.15) is 14.1 Å². The highest BCUT2D eigenvalue weighted by Gasteiger charge is 2.37. The van der Waals surface area contributed by atoms with Gasteiger partial charge in [-0.1, -0.05) is 72.6 Å². The molecule has 86 valence electrons. The number of allylic oxidation sites excluding steroid dienone is 2. The first-order chi connectivity index (χ1) is 6.92. The molecule has 0 heterocycles. The van der Waals surface area contributed by atoms with E-state index in [0.29, 0.717) is 0 Å². The predicted octanol–water partition coefficient (Wildman–Crippen LogP) is 5.00. The van der Waals surface area contributed by atoms with Crippen LogP contribution < -0.4 is 0 Å². The van der Waals surface area contributed by atoms with E-state index >= 15 is 0 Å². The fraction of sp³-hybridized carbons (Fsp3) is 0.333. The number of rotatable bonds is 7. The molecule has 0 fully saturated rings. The summed E-state index contributed by atoms with van der Waals surface area (Å²) >= 11 is 9.70. The van der Waals surface area contributed by atoms with Gasteiger partial charge in [0.25, 0.3) is 0 Å². The van der Waals surface area contributed by atoms with Crippen LogP contribution in [-0.2, 0) is 9.09 Å². The fourth-order valence-electron chi connectivity index (χ4n) is 0.747. The molecule has 0 aliphatic rings. The molecule has 0 aromatic heterocycles. The Hall–Kier alpha value is 0.850. The number of hydrogen-bond acceptors (Lipinski definition) is 2. The molecule has 15 heavy (non-hydrogen) atoms. The topological polar surface area (TPSA) is 26.3 Å². The Kier molecular flexibility index (Phi) is 7.64. The van der Waals surface area contributed by atoms with Gasteiger partial charge in [-0.3, -0.25) is 4.57 Å². The third-order valence-electron chi connectivity index (χ3n) is 1.53. The predicted molar refractivity (Wildman–Crippen MR) is 77.4 cm³/mol. The van der Waals surface area contributed by atoms with Gasteiger partial charge in [0, 0.05) is 0 Å². The van der Waals surface area contributed by atoms with E-state index in [1.807, 2.05) is 0 Å². The van der Waals surface area contributed by atoms with Crippen molar-refractivity contribution in [2.24, 2.45) is 0 Å². The largest absolute Gasteiger partial charge is 0.307 e. The first-order valence-electron chi connectivity index (χ1n) is 4.00. The molecular formula is C9H12Br3O2P. The Bertz CT molecular complexity index is 275. The average molecular weight is 423 g/mol. The lowest BCUT2D eigenvalue weighted by atomic mass is 10.7.